The van der Waals surface area contributed by atoms with Crippen LogP contribution in [0.4, 0.5) is 0 Å². The molecule has 0 bridgehead atoms. The number of hydrogen-bond donors (Lipinski definition) is 1. The van der Waals surface area contributed by atoms with Crippen molar-refractivity contribution in [1.82, 2.24) is 9.21 Å². The van der Waals surface area contributed by atoms with Crippen molar-refractivity contribution in [3.8, 4) is 0 Å². The molecule has 2 aliphatic rings. The Morgan fingerprint density at radius 1 is 1.23 bits per heavy atom. The molecule has 3 rings (SSSR count). The summed E-state index contributed by atoms with van der Waals surface area (Å²) in [5.41, 5.74) is 0. The number of piperazine rings is 1. The second-order valence-corrected chi connectivity index (χ2v) is 8.44. The van der Waals surface area contributed by atoms with Gasteiger partial charge in [0, 0.05) is 37.7 Å². The Bertz CT molecular complexity index is 625. The molecule has 1 atom stereocenters. The number of nitrogens with zero attached hydrogens (tertiary/aromatic N) is 2. The molecule has 1 aliphatic heterocycles. The molecule has 0 aromatic heterocycles. The Kier molecular flexibility index (Phi) is 4.75. The first-order valence-electron chi connectivity index (χ1n) is 7.63. The van der Waals surface area contributed by atoms with Gasteiger partial charge in [0.25, 0.3) is 0 Å². The van der Waals surface area contributed by atoms with Crippen LogP contribution in [-0.4, -0.2) is 61.6 Å². The van der Waals surface area contributed by atoms with Crippen LogP contribution in [0.15, 0.2) is 29.2 Å². The highest BCUT2D eigenvalue weighted by atomic mass is 35.5. The topological polar surface area (TPSA) is 60.9 Å². The maximum absolute atomic E-state index is 12.6. The van der Waals surface area contributed by atoms with E-state index >= 15 is 0 Å². The van der Waals surface area contributed by atoms with Gasteiger partial charge < -0.3 is 5.11 Å². The van der Waals surface area contributed by atoms with Gasteiger partial charge in [-0.05, 0) is 37.0 Å². The van der Waals surface area contributed by atoms with E-state index in [1.54, 1.807) is 18.2 Å². The molecule has 1 aromatic rings. The molecule has 0 spiro atoms. The number of β-amino-alcohol motifs (C(OH)–C–C–N with tert-alkyl or cyclic N) is 1. The number of rotatable bonds is 5. The van der Waals surface area contributed by atoms with Crippen molar-refractivity contribution in [2.75, 3.05) is 32.7 Å². The second kappa shape index (κ2) is 6.45. The summed E-state index contributed by atoms with van der Waals surface area (Å²) in [6, 6.07) is 6.37. The summed E-state index contributed by atoms with van der Waals surface area (Å²) in [4.78, 5) is 2.39. The van der Waals surface area contributed by atoms with E-state index in [2.05, 4.69) is 4.90 Å². The number of halogens is 1. The van der Waals surface area contributed by atoms with Gasteiger partial charge >= 0.3 is 0 Å². The lowest BCUT2D eigenvalue weighted by molar-refractivity contribution is 0.0782. The Morgan fingerprint density at radius 2 is 1.91 bits per heavy atom. The SMILES string of the molecule is O=S(=O)(c1cccc(Cl)c1)N1CCN(CC(O)C2CC2)CC1. The van der Waals surface area contributed by atoms with Gasteiger partial charge in [0.2, 0.25) is 10.0 Å². The fourth-order valence-electron chi connectivity index (χ4n) is 2.82. The van der Waals surface area contributed by atoms with Crippen LogP contribution < -0.4 is 0 Å². The molecule has 1 unspecified atom stereocenters. The standard InChI is InChI=1S/C15H21ClN2O3S/c16-13-2-1-3-14(10-13)22(20,21)18-8-6-17(7-9-18)11-15(19)12-4-5-12/h1-3,10,12,15,19H,4-9,11H2. The lowest BCUT2D eigenvalue weighted by Gasteiger charge is -2.35. The quantitative estimate of drug-likeness (QED) is 0.877. The number of aliphatic hydroxyl groups excluding tert-OH is 1. The summed E-state index contributed by atoms with van der Waals surface area (Å²) < 4.78 is 26.7. The van der Waals surface area contributed by atoms with E-state index in [0.717, 1.165) is 12.8 Å². The van der Waals surface area contributed by atoms with Gasteiger partial charge in [-0.3, -0.25) is 4.90 Å². The molecule has 1 aliphatic carbocycles. The monoisotopic (exact) mass is 344 g/mol. The van der Waals surface area contributed by atoms with Crippen LogP contribution in [0.1, 0.15) is 12.8 Å². The fourth-order valence-corrected chi connectivity index (χ4v) is 4.55. The van der Waals surface area contributed by atoms with Crippen molar-refractivity contribution in [2.45, 2.75) is 23.8 Å². The first-order chi connectivity index (χ1) is 10.5. The smallest absolute Gasteiger partial charge is 0.243 e. The minimum Gasteiger partial charge on any atom is -0.392 e. The summed E-state index contributed by atoms with van der Waals surface area (Å²) >= 11 is 5.89. The van der Waals surface area contributed by atoms with Crippen molar-refractivity contribution < 1.29 is 13.5 Å². The van der Waals surface area contributed by atoms with E-state index in [0.29, 0.717) is 43.7 Å². The van der Waals surface area contributed by atoms with Crippen molar-refractivity contribution in [1.29, 1.82) is 0 Å². The molecule has 2 fully saturated rings. The zero-order valence-corrected chi connectivity index (χ0v) is 13.9. The summed E-state index contributed by atoms with van der Waals surface area (Å²) in [6.45, 7) is 2.86. The van der Waals surface area contributed by atoms with Crippen molar-refractivity contribution in [3.05, 3.63) is 29.3 Å². The van der Waals surface area contributed by atoms with E-state index < -0.39 is 10.0 Å². The molecule has 1 aromatic carbocycles. The van der Waals surface area contributed by atoms with Gasteiger partial charge in [0.05, 0.1) is 11.0 Å². The summed E-state index contributed by atoms with van der Waals surface area (Å²) in [7, 11) is -3.48. The van der Waals surface area contributed by atoms with Crippen LogP contribution in [0.5, 0.6) is 0 Å². The zero-order chi connectivity index (χ0) is 15.7. The molecule has 22 heavy (non-hydrogen) atoms. The highest BCUT2D eigenvalue weighted by Crippen LogP contribution is 2.33. The average molecular weight is 345 g/mol. The maximum Gasteiger partial charge on any atom is 0.243 e. The Morgan fingerprint density at radius 3 is 2.50 bits per heavy atom. The van der Waals surface area contributed by atoms with E-state index in [-0.39, 0.29) is 11.0 Å². The van der Waals surface area contributed by atoms with E-state index in [1.165, 1.54) is 10.4 Å². The van der Waals surface area contributed by atoms with Gasteiger partial charge in [-0.1, -0.05) is 17.7 Å². The van der Waals surface area contributed by atoms with Gasteiger partial charge in [-0.25, -0.2) is 8.42 Å². The van der Waals surface area contributed by atoms with Crippen LogP contribution in [0.3, 0.4) is 0 Å². The lowest BCUT2D eigenvalue weighted by Crippen LogP contribution is -2.50. The number of sulfonamides is 1. The summed E-state index contributed by atoms with van der Waals surface area (Å²) in [6.07, 6.45) is 1.96. The van der Waals surface area contributed by atoms with Gasteiger partial charge in [0.1, 0.15) is 0 Å². The molecule has 0 amide bonds. The highest BCUT2D eigenvalue weighted by molar-refractivity contribution is 7.89. The van der Waals surface area contributed by atoms with Crippen LogP contribution in [0.2, 0.25) is 5.02 Å². The molecule has 0 radical (unpaired) electrons. The van der Waals surface area contributed by atoms with Crippen LogP contribution >= 0.6 is 11.6 Å². The number of hydrogen-bond acceptors (Lipinski definition) is 4. The molecule has 1 saturated heterocycles. The van der Waals surface area contributed by atoms with Gasteiger partial charge in [0.15, 0.2) is 0 Å². The van der Waals surface area contributed by atoms with Crippen molar-refractivity contribution in [2.24, 2.45) is 5.92 Å². The molecular formula is C15H21ClN2O3S. The number of aliphatic hydroxyl groups is 1. The Balaban J connectivity index is 1.60. The van der Waals surface area contributed by atoms with E-state index in [1.807, 2.05) is 0 Å². The molecule has 1 heterocycles. The first kappa shape index (κ1) is 16.2. The second-order valence-electron chi connectivity index (χ2n) is 6.07. The average Bonchev–Trinajstić information content (AvgIpc) is 3.32. The van der Waals surface area contributed by atoms with Crippen molar-refractivity contribution >= 4 is 21.6 Å². The third-order valence-corrected chi connectivity index (χ3v) is 6.51. The largest absolute Gasteiger partial charge is 0.392 e. The maximum atomic E-state index is 12.6. The van der Waals surface area contributed by atoms with Crippen LogP contribution in [-0.2, 0) is 10.0 Å². The van der Waals surface area contributed by atoms with Crippen molar-refractivity contribution in [3.63, 3.8) is 0 Å². The fraction of sp³-hybridized carbons (Fsp3) is 0.600. The molecule has 1 N–H and O–H groups in total. The third kappa shape index (κ3) is 3.63. The van der Waals surface area contributed by atoms with Crippen LogP contribution in [0, 0.1) is 5.92 Å². The molecular weight excluding hydrogens is 324 g/mol. The lowest BCUT2D eigenvalue weighted by atomic mass is 10.2. The highest BCUT2D eigenvalue weighted by Gasteiger charge is 2.33. The third-order valence-electron chi connectivity index (χ3n) is 4.38. The number of benzene rings is 1. The molecule has 7 heteroatoms. The minimum atomic E-state index is -3.48. The van der Waals surface area contributed by atoms with Gasteiger partial charge in [-0.2, -0.15) is 4.31 Å². The van der Waals surface area contributed by atoms with Crippen LogP contribution in [0.25, 0.3) is 0 Å². The Hall–Kier alpha value is -0.660. The molecule has 122 valence electrons. The van der Waals surface area contributed by atoms with E-state index in [4.69, 9.17) is 11.6 Å². The summed E-state index contributed by atoms with van der Waals surface area (Å²) in [5, 5.41) is 10.4. The normalized spacial score (nSPS) is 22.6. The predicted octanol–water partition coefficient (Wildman–Crippen LogP) is 1.42. The summed E-state index contributed by atoms with van der Waals surface area (Å²) in [5.74, 6) is 0.452. The predicted molar refractivity (Wildman–Crippen MR) is 85.4 cm³/mol. The molecule has 1 saturated carbocycles. The first-order valence-corrected chi connectivity index (χ1v) is 9.45. The van der Waals surface area contributed by atoms with Gasteiger partial charge in [-0.15, -0.1) is 0 Å². The molecule has 5 nitrogen and oxygen atoms in total. The minimum absolute atomic E-state index is 0.242. The van der Waals surface area contributed by atoms with E-state index in [9.17, 15) is 13.5 Å². The zero-order valence-electron chi connectivity index (χ0n) is 12.4. The Labute approximate surface area is 136 Å².